The average molecular weight is 473 g/mol. The third kappa shape index (κ3) is 4.77. The van der Waals surface area contributed by atoms with Crippen LogP contribution in [-0.2, 0) is 22.7 Å². The molecule has 7 N–H and O–H groups in total. The van der Waals surface area contributed by atoms with E-state index in [2.05, 4.69) is 23.8 Å². The minimum Gasteiger partial charge on any atom is -0.387 e. The molecule has 3 rings (SSSR count). The number of anilines is 1. The number of rotatable bonds is 6. The van der Waals surface area contributed by atoms with Crippen molar-refractivity contribution in [3.63, 3.8) is 0 Å². The molecule has 168 valence electrons. The summed E-state index contributed by atoms with van der Waals surface area (Å²) in [5, 5.41) is 10.1. The lowest BCUT2D eigenvalue weighted by Crippen LogP contribution is -2.51. The smallest absolute Gasteiger partial charge is 0.387 e. The summed E-state index contributed by atoms with van der Waals surface area (Å²) in [6.07, 6.45) is -5.35. The van der Waals surface area contributed by atoms with Crippen molar-refractivity contribution in [3.8, 4) is 0 Å². The highest BCUT2D eigenvalue weighted by atomic mass is 31.3. The first-order valence-corrected chi connectivity index (χ1v) is 11.3. The fraction of sp³-hybridized carbons (Fsp3) is 0.583. The summed E-state index contributed by atoms with van der Waals surface area (Å²) in [6.45, 7) is 0.438. The third-order valence-electron chi connectivity index (χ3n) is 4.31. The second kappa shape index (κ2) is 8.07. The number of phosphoric acid groups is 2. The maximum absolute atomic E-state index is 14.7. The van der Waals surface area contributed by atoms with Crippen molar-refractivity contribution in [2.45, 2.75) is 31.5 Å². The zero-order chi connectivity index (χ0) is 22.4. The van der Waals surface area contributed by atoms with E-state index in [1.165, 1.54) is 11.5 Å². The SMILES string of the molecule is CC1C(F)C(O)[C@@H](COP(=O)(O)OP(=O)(O)O)O[C@H]1n1cnc2c(=O)[nH]c(N)nc21. The number of halogens is 1. The lowest BCUT2D eigenvalue weighted by Gasteiger charge is -2.40. The number of nitrogens with two attached hydrogens (primary N) is 1. The van der Waals surface area contributed by atoms with Gasteiger partial charge in [-0.15, -0.1) is 0 Å². The molecule has 0 radical (unpaired) electrons. The van der Waals surface area contributed by atoms with Gasteiger partial charge in [-0.1, -0.05) is 6.92 Å². The average Bonchev–Trinajstić information content (AvgIpc) is 3.01. The first kappa shape index (κ1) is 22.9. The van der Waals surface area contributed by atoms with Gasteiger partial charge in [0.15, 0.2) is 11.2 Å². The van der Waals surface area contributed by atoms with Crippen LogP contribution in [0.2, 0.25) is 0 Å². The molecule has 0 aromatic carbocycles. The highest BCUT2D eigenvalue weighted by Gasteiger charge is 2.46. The summed E-state index contributed by atoms with van der Waals surface area (Å²) < 4.78 is 51.8. The molecule has 2 aromatic rings. The van der Waals surface area contributed by atoms with E-state index >= 15 is 0 Å². The number of hydrogen-bond acceptors (Lipinski definition) is 10. The van der Waals surface area contributed by atoms with Gasteiger partial charge in [-0.05, 0) is 0 Å². The van der Waals surface area contributed by atoms with Crippen molar-refractivity contribution in [3.05, 3.63) is 16.7 Å². The second-order valence-electron chi connectivity index (χ2n) is 6.47. The minimum absolute atomic E-state index is 0.0333. The first-order valence-electron chi connectivity index (χ1n) is 8.23. The van der Waals surface area contributed by atoms with E-state index in [-0.39, 0.29) is 17.1 Å². The molecule has 1 fully saturated rings. The molecule has 0 bridgehead atoms. The zero-order valence-electron chi connectivity index (χ0n) is 15.1. The standard InChI is InChI=1S/C12H18FN5O10P2/c1-4-6(13)8(19)5(2-26-30(24,25)28-29(21,22)23)27-11(4)18-3-15-7-9(18)16-12(14)17-10(7)20/h3-6,8,11,19H,2H2,1H3,(H,24,25)(H2,21,22,23)(H3,14,16,17,20)/t4?,5-,6?,8?,11-/m1/s1. The van der Waals surface area contributed by atoms with Crippen LogP contribution in [0.4, 0.5) is 10.3 Å². The number of aromatic amines is 1. The van der Waals surface area contributed by atoms with E-state index in [9.17, 15) is 28.3 Å². The van der Waals surface area contributed by atoms with Crippen LogP contribution in [0, 0.1) is 5.92 Å². The Bertz CT molecular complexity index is 1090. The van der Waals surface area contributed by atoms with Gasteiger partial charge in [0.05, 0.1) is 12.9 Å². The number of alkyl halides is 1. The Kier molecular flexibility index (Phi) is 6.17. The summed E-state index contributed by atoms with van der Waals surface area (Å²) >= 11 is 0. The van der Waals surface area contributed by atoms with Gasteiger partial charge in [0.1, 0.15) is 24.6 Å². The van der Waals surface area contributed by atoms with Gasteiger partial charge in [0.25, 0.3) is 5.56 Å². The summed E-state index contributed by atoms with van der Waals surface area (Å²) in [5.41, 5.74) is 4.73. The number of ether oxygens (including phenoxy) is 1. The highest BCUT2D eigenvalue weighted by molar-refractivity contribution is 7.60. The van der Waals surface area contributed by atoms with Crippen molar-refractivity contribution < 1.29 is 46.9 Å². The van der Waals surface area contributed by atoms with Crippen LogP contribution in [0.1, 0.15) is 13.2 Å². The van der Waals surface area contributed by atoms with Crippen LogP contribution < -0.4 is 11.3 Å². The number of fused-ring (bicyclic) bond motifs is 1. The molecule has 3 heterocycles. The number of nitrogens with one attached hydrogen (secondary N) is 1. The normalized spacial score (nSPS) is 29.7. The fourth-order valence-corrected chi connectivity index (χ4v) is 4.57. The van der Waals surface area contributed by atoms with E-state index in [4.69, 9.17) is 20.3 Å². The lowest BCUT2D eigenvalue weighted by molar-refractivity contribution is -0.210. The topological polar surface area (TPSA) is 232 Å². The minimum atomic E-state index is -5.36. The summed E-state index contributed by atoms with van der Waals surface area (Å²) in [5.74, 6) is -1.23. The van der Waals surface area contributed by atoms with E-state index < -0.39 is 58.3 Å². The molecular weight excluding hydrogens is 455 g/mol. The van der Waals surface area contributed by atoms with Gasteiger partial charge in [0, 0.05) is 5.92 Å². The molecule has 0 saturated carbocycles. The number of H-pyrrole nitrogens is 1. The largest absolute Gasteiger partial charge is 0.481 e. The molecule has 1 aliphatic rings. The Morgan fingerprint density at radius 1 is 1.40 bits per heavy atom. The monoisotopic (exact) mass is 473 g/mol. The number of phosphoric ester groups is 1. The number of nitrogens with zero attached hydrogens (tertiary/aromatic N) is 3. The van der Waals surface area contributed by atoms with Crippen LogP contribution in [0.5, 0.6) is 0 Å². The molecule has 2 aromatic heterocycles. The van der Waals surface area contributed by atoms with E-state index in [1.807, 2.05) is 0 Å². The molecule has 0 aliphatic carbocycles. The number of nitrogen functional groups attached to an aromatic ring is 1. The van der Waals surface area contributed by atoms with E-state index in [0.717, 1.165) is 6.33 Å². The Morgan fingerprint density at radius 2 is 2.07 bits per heavy atom. The van der Waals surface area contributed by atoms with Gasteiger partial charge < -0.3 is 30.3 Å². The predicted molar refractivity (Wildman–Crippen MR) is 95.4 cm³/mol. The van der Waals surface area contributed by atoms with Gasteiger partial charge >= 0.3 is 15.6 Å². The number of hydrogen-bond donors (Lipinski definition) is 6. The molecule has 1 saturated heterocycles. The first-order chi connectivity index (χ1) is 13.8. The molecule has 0 spiro atoms. The maximum atomic E-state index is 14.7. The number of aliphatic hydroxyl groups excluding tert-OH is 1. The van der Waals surface area contributed by atoms with E-state index in [1.54, 1.807) is 0 Å². The molecule has 4 unspecified atom stereocenters. The highest BCUT2D eigenvalue weighted by Crippen LogP contribution is 2.57. The van der Waals surface area contributed by atoms with Crippen LogP contribution in [-0.4, -0.2) is 64.3 Å². The maximum Gasteiger partial charge on any atom is 0.481 e. The van der Waals surface area contributed by atoms with Gasteiger partial charge in [-0.2, -0.15) is 9.29 Å². The quantitative estimate of drug-likeness (QED) is 0.281. The molecular formula is C12H18FN5O10P2. The van der Waals surface area contributed by atoms with Crippen molar-refractivity contribution in [2.24, 2.45) is 5.92 Å². The Hall–Kier alpha value is -1.74. The van der Waals surface area contributed by atoms with Crippen LogP contribution in [0.25, 0.3) is 11.2 Å². The van der Waals surface area contributed by atoms with Gasteiger partial charge in [-0.25, -0.2) is 18.5 Å². The molecule has 15 nitrogen and oxygen atoms in total. The zero-order valence-corrected chi connectivity index (χ0v) is 16.9. The number of aromatic nitrogens is 4. The van der Waals surface area contributed by atoms with Gasteiger partial charge in [-0.3, -0.25) is 18.9 Å². The van der Waals surface area contributed by atoms with Crippen molar-refractivity contribution in [2.75, 3.05) is 12.3 Å². The van der Waals surface area contributed by atoms with Crippen molar-refractivity contribution in [1.29, 1.82) is 0 Å². The molecule has 1 aliphatic heterocycles. The lowest BCUT2D eigenvalue weighted by atomic mass is 9.92. The second-order valence-corrected chi connectivity index (χ2v) is 9.30. The number of aliphatic hydroxyl groups is 1. The van der Waals surface area contributed by atoms with Crippen LogP contribution >= 0.6 is 15.6 Å². The summed E-state index contributed by atoms with van der Waals surface area (Å²) in [6, 6.07) is 0. The predicted octanol–water partition coefficient (Wildman–Crippen LogP) is -0.839. The molecule has 30 heavy (non-hydrogen) atoms. The summed E-state index contributed by atoms with van der Waals surface area (Å²) in [4.78, 5) is 48.6. The Morgan fingerprint density at radius 3 is 2.70 bits per heavy atom. The van der Waals surface area contributed by atoms with Crippen LogP contribution in [0.3, 0.4) is 0 Å². The van der Waals surface area contributed by atoms with E-state index in [0.29, 0.717) is 0 Å². The van der Waals surface area contributed by atoms with Crippen LogP contribution in [0.15, 0.2) is 11.1 Å². The summed E-state index contributed by atoms with van der Waals surface area (Å²) in [7, 11) is -10.6. The van der Waals surface area contributed by atoms with Gasteiger partial charge in [0.2, 0.25) is 5.95 Å². The van der Waals surface area contributed by atoms with Crippen molar-refractivity contribution in [1.82, 2.24) is 19.5 Å². The fourth-order valence-electron chi connectivity index (χ4n) is 2.97. The Balaban J connectivity index is 1.86. The molecule has 6 atom stereocenters. The van der Waals surface area contributed by atoms with Crippen molar-refractivity contribution >= 4 is 32.8 Å². The Labute approximate surface area is 166 Å². The molecule has 0 amide bonds. The number of imidazole rings is 1. The third-order valence-corrected chi connectivity index (χ3v) is 6.46. The molecule has 18 heteroatoms.